The predicted molar refractivity (Wildman–Crippen MR) is 95.2 cm³/mol. The molecule has 0 atom stereocenters. The molecule has 0 aliphatic carbocycles. The van der Waals surface area contributed by atoms with Crippen LogP contribution >= 0.6 is 23.2 Å². The van der Waals surface area contributed by atoms with Crippen molar-refractivity contribution < 1.29 is 0 Å². The van der Waals surface area contributed by atoms with Crippen molar-refractivity contribution in [2.24, 2.45) is 0 Å². The van der Waals surface area contributed by atoms with Crippen LogP contribution in [0.4, 0.5) is 5.82 Å². The monoisotopic (exact) mass is 350 g/mol. The summed E-state index contributed by atoms with van der Waals surface area (Å²) in [6.45, 7) is 3.26. The van der Waals surface area contributed by atoms with Crippen molar-refractivity contribution in [3.63, 3.8) is 0 Å². The van der Waals surface area contributed by atoms with Crippen molar-refractivity contribution in [3.05, 3.63) is 39.5 Å². The largest absolute Gasteiger partial charge is 0.369 e. The maximum atomic E-state index is 6.17. The van der Waals surface area contributed by atoms with Gasteiger partial charge in [0, 0.05) is 28.1 Å². The van der Waals surface area contributed by atoms with E-state index in [-0.39, 0.29) is 0 Å². The summed E-state index contributed by atoms with van der Waals surface area (Å²) in [6, 6.07) is 5.58. The highest BCUT2D eigenvalue weighted by Gasteiger charge is 2.29. The minimum Gasteiger partial charge on any atom is -0.369 e. The van der Waals surface area contributed by atoms with Crippen molar-refractivity contribution >= 4 is 29.0 Å². The lowest BCUT2D eigenvalue weighted by Crippen LogP contribution is -2.29. The van der Waals surface area contributed by atoms with Gasteiger partial charge >= 0.3 is 0 Å². The minimum atomic E-state index is 0.552. The fraction of sp³-hybridized carbons (Fsp3) is 0.471. The third-order valence-corrected chi connectivity index (χ3v) is 5.32. The number of rotatable bonds is 2. The number of likely N-dealkylation sites (tertiary alicyclic amines) is 1. The molecular formula is C17H20Cl2N4. The molecule has 3 heterocycles. The topological polar surface area (TPSA) is 33.1 Å². The van der Waals surface area contributed by atoms with E-state index in [1.807, 2.05) is 16.8 Å². The molecule has 1 aromatic carbocycles. The van der Waals surface area contributed by atoms with Gasteiger partial charge in [0.25, 0.3) is 0 Å². The van der Waals surface area contributed by atoms with Gasteiger partial charge in [0.05, 0.1) is 11.4 Å². The molecule has 2 aliphatic heterocycles. The van der Waals surface area contributed by atoms with Crippen LogP contribution in [0.3, 0.4) is 0 Å². The standard InChI is InChI=1S/C17H20Cl2N4/c1-22-6-3-11(4-7-22)16-15-2-5-20-17(15)23(21-16)14-9-12(18)8-13(19)10-14/h8-11,20H,2-7H2,1H3. The first-order valence-electron chi connectivity index (χ1n) is 8.12. The second-order valence-electron chi connectivity index (χ2n) is 6.51. The molecule has 23 heavy (non-hydrogen) atoms. The smallest absolute Gasteiger partial charge is 0.133 e. The normalized spacial score (nSPS) is 18.9. The third kappa shape index (κ3) is 2.84. The Labute approximate surface area is 146 Å². The number of hydrogen-bond donors (Lipinski definition) is 1. The summed E-state index contributed by atoms with van der Waals surface area (Å²) in [7, 11) is 2.19. The highest BCUT2D eigenvalue weighted by Crippen LogP contribution is 2.37. The molecule has 1 N–H and O–H groups in total. The number of nitrogens with zero attached hydrogens (tertiary/aromatic N) is 3. The first-order valence-corrected chi connectivity index (χ1v) is 8.88. The van der Waals surface area contributed by atoms with Crippen molar-refractivity contribution in [3.8, 4) is 5.69 Å². The molecule has 4 nitrogen and oxygen atoms in total. The van der Waals surface area contributed by atoms with Gasteiger partial charge in [0.1, 0.15) is 5.82 Å². The molecule has 6 heteroatoms. The van der Waals surface area contributed by atoms with Gasteiger partial charge in [-0.1, -0.05) is 23.2 Å². The number of piperidine rings is 1. The van der Waals surface area contributed by atoms with Crippen LogP contribution in [0.25, 0.3) is 5.69 Å². The molecule has 0 amide bonds. The van der Waals surface area contributed by atoms with E-state index in [2.05, 4.69) is 17.3 Å². The average Bonchev–Trinajstić information content (AvgIpc) is 3.09. The molecule has 1 fully saturated rings. The Balaban J connectivity index is 1.75. The lowest BCUT2D eigenvalue weighted by Gasteiger charge is -2.28. The molecule has 122 valence electrons. The van der Waals surface area contributed by atoms with Gasteiger partial charge in [-0.15, -0.1) is 0 Å². The van der Waals surface area contributed by atoms with E-state index in [4.69, 9.17) is 28.3 Å². The quantitative estimate of drug-likeness (QED) is 0.889. The van der Waals surface area contributed by atoms with E-state index in [1.54, 1.807) is 6.07 Å². The van der Waals surface area contributed by atoms with Crippen molar-refractivity contribution in [1.29, 1.82) is 0 Å². The molecule has 1 aromatic heterocycles. The van der Waals surface area contributed by atoms with Crippen LogP contribution in [-0.4, -0.2) is 41.4 Å². The van der Waals surface area contributed by atoms with Gasteiger partial charge in [-0.2, -0.15) is 5.10 Å². The maximum Gasteiger partial charge on any atom is 0.133 e. The Morgan fingerprint density at radius 3 is 2.52 bits per heavy atom. The van der Waals surface area contributed by atoms with Gasteiger partial charge in [0.2, 0.25) is 0 Å². The molecule has 0 spiro atoms. The van der Waals surface area contributed by atoms with Crippen molar-refractivity contribution in [2.45, 2.75) is 25.2 Å². The summed E-state index contributed by atoms with van der Waals surface area (Å²) < 4.78 is 1.98. The molecule has 0 bridgehead atoms. The van der Waals surface area contributed by atoms with Crippen LogP contribution in [0.2, 0.25) is 10.0 Å². The van der Waals surface area contributed by atoms with Crippen LogP contribution in [0, 0.1) is 0 Å². The molecule has 2 aliphatic rings. The van der Waals surface area contributed by atoms with Crippen LogP contribution in [0.15, 0.2) is 18.2 Å². The number of nitrogens with one attached hydrogen (secondary N) is 1. The molecule has 0 saturated carbocycles. The Bertz CT molecular complexity index is 712. The van der Waals surface area contributed by atoms with E-state index in [1.165, 1.54) is 24.1 Å². The Morgan fingerprint density at radius 1 is 1.13 bits per heavy atom. The fourth-order valence-corrected chi connectivity index (χ4v) is 4.17. The van der Waals surface area contributed by atoms with Crippen LogP contribution in [0.5, 0.6) is 0 Å². The van der Waals surface area contributed by atoms with Crippen molar-refractivity contribution in [1.82, 2.24) is 14.7 Å². The molecule has 1 saturated heterocycles. The number of anilines is 1. The number of hydrogen-bond acceptors (Lipinski definition) is 3. The Kier molecular flexibility index (Phi) is 4.00. The zero-order valence-electron chi connectivity index (χ0n) is 13.1. The predicted octanol–water partition coefficient (Wildman–Crippen LogP) is 3.96. The van der Waals surface area contributed by atoms with E-state index < -0.39 is 0 Å². The van der Waals surface area contributed by atoms with Crippen LogP contribution in [0.1, 0.15) is 30.0 Å². The molecule has 4 rings (SSSR count). The van der Waals surface area contributed by atoms with Crippen LogP contribution < -0.4 is 5.32 Å². The van der Waals surface area contributed by atoms with E-state index in [0.717, 1.165) is 37.6 Å². The van der Waals surface area contributed by atoms with Gasteiger partial charge in [-0.25, -0.2) is 4.68 Å². The highest BCUT2D eigenvalue weighted by molar-refractivity contribution is 6.34. The van der Waals surface area contributed by atoms with E-state index in [0.29, 0.717) is 16.0 Å². The first kappa shape index (κ1) is 15.3. The van der Waals surface area contributed by atoms with Gasteiger partial charge in [-0.3, -0.25) is 0 Å². The van der Waals surface area contributed by atoms with Gasteiger partial charge in [-0.05, 0) is 57.6 Å². The summed E-state index contributed by atoms with van der Waals surface area (Å²) in [4.78, 5) is 2.39. The highest BCUT2D eigenvalue weighted by atomic mass is 35.5. The number of halogens is 2. The summed E-state index contributed by atoms with van der Waals surface area (Å²) >= 11 is 12.3. The fourth-order valence-electron chi connectivity index (χ4n) is 3.66. The summed E-state index contributed by atoms with van der Waals surface area (Å²) in [5.74, 6) is 1.66. The second kappa shape index (κ2) is 6.00. The van der Waals surface area contributed by atoms with Crippen molar-refractivity contribution in [2.75, 3.05) is 32.0 Å². The molecular weight excluding hydrogens is 331 g/mol. The van der Waals surface area contributed by atoms with Crippen LogP contribution in [-0.2, 0) is 6.42 Å². The Morgan fingerprint density at radius 2 is 1.83 bits per heavy atom. The van der Waals surface area contributed by atoms with E-state index in [9.17, 15) is 0 Å². The SMILES string of the molecule is CN1CCC(c2nn(-c3cc(Cl)cc(Cl)c3)c3c2CCN3)CC1. The summed E-state index contributed by atoms with van der Waals surface area (Å²) in [5, 5.41) is 9.70. The van der Waals surface area contributed by atoms with E-state index >= 15 is 0 Å². The lowest BCUT2D eigenvalue weighted by molar-refractivity contribution is 0.252. The van der Waals surface area contributed by atoms with Gasteiger partial charge < -0.3 is 10.2 Å². The average molecular weight is 351 g/mol. The summed E-state index contributed by atoms with van der Waals surface area (Å²) in [5.41, 5.74) is 3.55. The number of fused-ring (bicyclic) bond motifs is 1. The number of benzene rings is 1. The Hall–Kier alpha value is -1.23. The second-order valence-corrected chi connectivity index (χ2v) is 7.38. The summed E-state index contributed by atoms with van der Waals surface area (Å²) in [6.07, 6.45) is 3.40. The maximum absolute atomic E-state index is 6.17. The van der Waals surface area contributed by atoms with Gasteiger partial charge in [0.15, 0.2) is 0 Å². The number of aromatic nitrogens is 2. The zero-order valence-corrected chi connectivity index (χ0v) is 14.7. The molecule has 0 radical (unpaired) electrons. The zero-order chi connectivity index (χ0) is 16.0. The molecule has 0 unspecified atom stereocenters. The molecule has 2 aromatic rings. The third-order valence-electron chi connectivity index (χ3n) is 4.88. The minimum absolute atomic E-state index is 0.552. The lowest BCUT2D eigenvalue weighted by atomic mass is 9.91. The first-order chi connectivity index (χ1) is 11.1.